The number of hydrogen-bond donors (Lipinski definition) is 2. The van der Waals surface area contributed by atoms with E-state index in [2.05, 4.69) is 15.3 Å². The van der Waals surface area contributed by atoms with Crippen LogP contribution in [0.15, 0.2) is 36.1 Å². The Morgan fingerprint density at radius 1 is 1.35 bits per heavy atom. The van der Waals surface area contributed by atoms with Gasteiger partial charge in [-0.2, -0.15) is 13.2 Å². The molecule has 0 aliphatic rings. The molecule has 0 aliphatic heterocycles. The van der Waals surface area contributed by atoms with Gasteiger partial charge in [0.15, 0.2) is 0 Å². The summed E-state index contributed by atoms with van der Waals surface area (Å²) in [7, 11) is 0. The van der Waals surface area contributed by atoms with E-state index < -0.39 is 11.7 Å². The summed E-state index contributed by atoms with van der Waals surface area (Å²) >= 11 is 1.25. The number of carbonyl (C=O) groups excluding carboxylic acids is 1. The highest BCUT2D eigenvalue weighted by Crippen LogP contribution is 2.34. The zero-order chi connectivity index (χ0) is 16.4. The average Bonchev–Trinajstić information content (AvgIpc) is 3.14. The fourth-order valence-corrected chi connectivity index (χ4v) is 3.13. The van der Waals surface area contributed by atoms with Crippen LogP contribution in [0.5, 0.6) is 0 Å². The predicted molar refractivity (Wildman–Crippen MR) is 81.5 cm³/mol. The Labute approximate surface area is 133 Å². The van der Waals surface area contributed by atoms with Crippen molar-refractivity contribution in [3.63, 3.8) is 0 Å². The minimum absolute atomic E-state index is 0.265. The second-order valence-electron chi connectivity index (χ2n) is 4.94. The molecular weight excluding hydrogens is 327 g/mol. The first-order valence-corrected chi connectivity index (χ1v) is 7.67. The number of thiophene rings is 1. The number of imidazole rings is 1. The van der Waals surface area contributed by atoms with Gasteiger partial charge in [0.2, 0.25) is 0 Å². The van der Waals surface area contributed by atoms with E-state index in [1.165, 1.54) is 17.4 Å². The van der Waals surface area contributed by atoms with Gasteiger partial charge in [-0.15, -0.1) is 11.3 Å². The second-order valence-corrected chi connectivity index (χ2v) is 5.85. The van der Waals surface area contributed by atoms with E-state index in [-0.39, 0.29) is 11.5 Å². The highest BCUT2D eigenvalue weighted by molar-refractivity contribution is 7.17. The number of aromatic nitrogens is 2. The zero-order valence-electron chi connectivity index (χ0n) is 11.8. The van der Waals surface area contributed by atoms with Crippen molar-refractivity contribution in [1.82, 2.24) is 15.3 Å². The highest BCUT2D eigenvalue weighted by atomic mass is 32.1. The number of halogens is 3. The van der Waals surface area contributed by atoms with E-state index in [4.69, 9.17) is 0 Å². The van der Waals surface area contributed by atoms with Crippen molar-refractivity contribution in [1.29, 1.82) is 0 Å². The molecule has 0 radical (unpaired) electrons. The Kier molecular flexibility index (Phi) is 4.08. The predicted octanol–water partition coefficient (Wildman–Crippen LogP) is 3.62. The van der Waals surface area contributed by atoms with Gasteiger partial charge in [-0.05, 0) is 18.2 Å². The molecule has 2 aromatic heterocycles. The summed E-state index contributed by atoms with van der Waals surface area (Å²) in [5.74, 6) is -0.380. The molecule has 0 unspecified atom stereocenters. The summed E-state index contributed by atoms with van der Waals surface area (Å²) in [6.07, 6.45) is -0.657. The van der Waals surface area contributed by atoms with Crippen LogP contribution in [0.2, 0.25) is 0 Å². The molecule has 0 saturated heterocycles. The molecule has 3 rings (SSSR count). The van der Waals surface area contributed by atoms with Crippen molar-refractivity contribution < 1.29 is 18.0 Å². The maximum absolute atomic E-state index is 12.8. The molecule has 0 bridgehead atoms. The van der Waals surface area contributed by atoms with Gasteiger partial charge in [-0.3, -0.25) is 4.79 Å². The fraction of sp³-hybridized carbons (Fsp3) is 0.200. The summed E-state index contributed by atoms with van der Waals surface area (Å²) in [6, 6.07) is 3.44. The first-order valence-electron chi connectivity index (χ1n) is 6.79. The van der Waals surface area contributed by atoms with Crippen LogP contribution in [0.4, 0.5) is 13.2 Å². The summed E-state index contributed by atoms with van der Waals surface area (Å²) < 4.78 is 39.1. The minimum Gasteiger partial charge on any atom is -0.352 e. The van der Waals surface area contributed by atoms with E-state index in [1.54, 1.807) is 17.9 Å². The first-order chi connectivity index (χ1) is 10.9. The molecule has 3 aromatic rings. The molecule has 0 aliphatic carbocycles. The lowest BCUT2D eigenvalue weighted by Gasteiger charge is -2.07. The molecule has 0 spiro atoms. The third kappa shape index (κ3) is 3.37. The third-order valence-corrected chi connectivity index (χ3v) is 4.34. The van der Waals surface area contributed by atoms with Gasteiger partial charge in [0, 0.05) is 40.3 Å². The maximum atomic E-state index is 12.8. The average molecular weight is 339 g/mol. The molecule has 2 N–H and O–H groups in total. The largest absolute Gasteiger partial charge is 0.416 e. The summed E-state index contributed by atoms with van der Waals surface area (Å²) in [4.78, 5) is 19.0. The van der Waals surface area contributed by atoms with Crippen molar-refractivity contribution in [2.75, 3.05) is 6.54 Å². The van der Waals surface area contributed by atoms with Crippen molar-refractivity contribution in [2.45, 2.75) is 12.6 Å². The normalized spacial score (nSPS) is 11.8. The Morgan fingerprint density at radius 2 is 2.17 bits per heavy atom. The van der Waals surface area contributed by atoms with Crippen LogP contribution in [-0.4, -0.2) is 22.4 Å². The number of H-pyrrole nitrogens is 1. The molecule has 2 heterocycles. The number of fused-ring (bicyclic) bond motifs is 1. The van der Waals surface area contributed by atoms with Gasteiger partial charge in [0.05, 0.1) is 17.5 Å². The molecule has 23 heavy (non-hydrogen) atoms. The number of rotatable bonds is 4. The quantitative estimate of drug-likeness (QED) is 0.763. The van der Waals surface area contributed by atoms with Crippen molar-refractivity contribution >= 4 is 27.3 Å². The number of nitrogens with one attached hydrogen (secondary N) is 2. The Balaban J connectivity index is 1.77. The van der Waals surface area contributed by atoms with Crippen molar-refractivity contribution in [3.05, 3.63) is 52.9 Å². The van der Waals surface area contributed by atoms with E-state index in [9.17, 15) is 18.0 Å². The van der Waals surface area contributed by atoms with Crippen LogP contribution in [0, 0.1) is 0 Å². The molecule has 1 aromatic carbocycles. The minimum atomic E-state index is -4.43. The Morgan fingerprint density at radius 3 is 2.87 bits per heavy atom. The number of nitrogens with zero attached hydrogens (tertiary/aromatic N) is 1. The first kappa shape index (κ1) is 15.5. The lowest BCUT2D eigenvalue weighted by Crippen LogP contribution is -2.25. The number of aromatic amines is 1. The number of benzene rings is 1. The van der Waals surface area contributed by atoms with Crippen molar-refractivity contribution in [3.8, 4) is 0 Å². The van der Waals surface area contributed by atoms with Gasteiger partial charge < -0.3 is 10.3 Å². The lowest BCUT2D eigenvalue weighted by atomic mass is 10.1. The van der Waals surface area contributed by atoms with Gasteiger partial charge >= 0.3 is 6.18 Å². The van der Waals surface area contributed by atoms with Crippen LogP contribution in [-0.2, 0) is 12.6 Å². The van der Waals surface area contributed by atoms with Crippen LogP contribution in [0.3, 0.4) is 0 Å². The molecule has 1 amide bonds. The van der Waals surface area contributed by atoms with Crippen molar-refractivity contribution in [2.24, 2.45) is 0 Å². The second kappa shape index (κ2) is 6.04. The molecule has 0 atom stereocenters. The number of carbonyl (C=O) groups is 1. The molecule has 4 nitrogen and oxygen atoms in total. The van der Waals surface area contributed by atoms with E-state index >= 15 is 0 Å². The van der Waals surface area contributed by atoms with Crippen LogP contribution >= 0.6 is 11.3 Å². The maximum Gasteiger partial charge on any atom is 0.416 e. The summed E-state index contributed by atoms with van der Waals surface area (Å²) in [5, 5.41) is 4.62. The Bertz CT molecular complexity index is 824. The van der Waals surface area contributed by atoms with E-state index in [1.807, 2.05) is 0 Å². The monoisotopic (exact) mass is 339 g/mol. The number of hydrogen-bond acceptors (Lipinski definition) is 3. The van der Waals surface area contributed by atoms with E-state index in [0.29, 0.717) is 23.1 Å². The summed E-state index contributed by atoms with van der Waals surface area (Å²) in [5.41, 5.74) is 0.385. The zero-order valence-corrected chi connectivity index (χ0v) is 12.6. The summed E-state index contributed by atoms with van der Waals surface area (Å²) in [6.45, 7) is 0.372. The Hall–Kier alpha value is -2.35. The van der Waals surface area contributed by atoms with E-state index in [0.717, 1.165) is 17.8 Å². The van der Waals surface area contributed by atoms with Crippen LogP contribution in [0.1, 0.15) is 21.6 Å². The molecule has 8 heteroatoms. The van der Waals surface area contributed by atoms with Gasteiger partial charge in [0.25, 0.3) is 5.91 Å². The molecule has 0 saturated carbocycles. The highest BCUT2D eigenvalue weighted by Gasteiger charge is 2.31. The molecular formula is C15H12F3N3OS. The van der Waals surface area contributed by atoms with Crippen LogP contribution < -0.4 is 5.32 Å². The molecule has 0 fully saturated rings. The SMILES string of the molecule is O=C(NCCc1cnc[nH]1)c1csc2ccc(C(F)(F)F)cc12. The topological polar surface area (TPSA) is 57.8 Å². The smallest absolute Gasteiger partial charge is 0.352 e. The number of alkyl halides is 3. The van der Waals surface area contributed by atoms with Gasteiger partial charge in [0.1, 0.15) is 0 Å². The standard InChI is InChI=1S/C15H12F3N3OS/c16-15(17,18)9-1-2-13-11(5-9)12(7-23-13)14(22)20-4-3-10-6-19-8-21-10/h1-2,5-8H,3-4H2,(H,19,21)(H,20,22). The molecule has 120 valence electrons. The fourth-order valence-electron chi connectivity index (χ4n) is 2.21. The number of amides is 1. The van der Waals surface area contributed by atoms with Gasteiger partial charge in [-0.25, -0.2) is 4.98 Å². The van der Waals surface area contributed by atoms with Crippen LogP contribution in [0.25, 0.3) is 10.1 Å². The third-order valence-electron chi connectivity index (χ3n) is 3.38. The van der Waals surface area contributed by atoms with Gasteiger partial charge in [-0.1, -0.05) is 0 Å². The lowest BCUT2D eigenvalue weighted by molar-refractivity contribution is -0.137.